The van der Waals surface area contributed by atoms with Crippen molar-refractivity contribution in [3.63, 3.8) is 0 Å². The number of hydrogen-bond acceptors (Lipinski definition) is 6. The molecule has 0 spiro atoms. The number of rotatable bonds is 16. The summed E-state index contributed by atoms with van der Waals surface area (Å²) in [5.74, 6) is -4.38. The molecule has 12 nitrogen and oxygen atoms in total. The van der Waals surface area contributed by atoms with Crippen molar-refractivity contribution < 1.29 is 34.2 Å². The maximum absolute atomic E-state index is 13.8. The molecule has 0 bridgehead atoms. The van der Waals surface area contributed by atoms with Gasteiger partial charge in [-0.05, 0) is 36.0 Å². The Morgan fingerprint density at radius 2 is 1.37 bits per heavy atom. The number of H-pyrrole nitrogens is 1. The Kier molecular flexibility index (Phi) is 11.8. The van der Waals surface area contributed by atoms with Crippen LogP contribution in [0.2, 0.25) is 0 Å². The first-order valence-electron chi connectivity index (χ1n) is 14.1. The van der Waals surface area contributed by atoms with Crippen LogP contribution in [0.15, 0.2) is 60.8 Å². The van der Waals surface area contributed by atoms with E-state index in [0.29, 0.717) is 0 Å². The summed E-state index contributed by atoms with van der Waals surface area (Å²) >= 11 is 0. The van der Waals surface area contributed by atoms with E-state index in [2.05, 4.69) is 20.9 Å². The summed E-state index contributed by atoms with van der Waals surface area (Å²) in [6.45, 7) is 3.68. The molecule has 0 aliphatic carbocycles. The normalized spacial score (nSPS) is 14.0. The first kappa shape index (κ1) is 32.8. The predicted molar refractivity (Wildman–Crippen MR) is 160 cm³/mol. The summed E-state index contributed by atoms with van der Waals surface area (Å²) in [4.78, 5) is 66.1. The van der Waals surface area contributed by atoms with Gasteiger partial charge in [0.2, 0.25) is 17.7 Å². The molecular formula is C31H39N5O7. The summed E-state index contributed by atoms with van der Waals surface area (Å²) in [7, 11) is 0. The number of aliphatic carboxylic acids is 2. The molecule has 0 fully saturated rings. The van der Waals surface area contributed by atoms with Gasteiger partial charge in [0.25, 0.3) is 0 Å². The second kappa shape index (κ2) is 15.5. The van der Waals surface area contributed by atoms with Crippen molar-refractivity contribution in [1.29, 1.82) is 0 Å². The Hall–Kier alpha value is -4.71. The van der Waals surface area contributed by atoms with Crippen LogP contribution in [0.5, 0.6) is 0 Å². The van der Waals surface area contributed by atoms with Crippen LogP contribution in [0, 0.1) is 5.92 Å². The number of nitrogens with two attached hydrogens (primary N) is 1. The number of aromatic nitrogens is 1. The Labute approximate surface area is 249 Å². The van der Waals surface area contributed by atoms with Crippen molar-refractivity contribution in [2.24, 2.45) is 11.7 Å². The van der Waals surface area contributed by atoms with Crippen LogP contribution < -0.4 is 21.7 Å². The van der Waals surface area contributed by atoms with Crippen molar-refractivity contribution in [1.82, 2.24) is 20.9 Å². The molecule has 0 aliphatic rings. The van der Waals surface area contributed by atoms with Gasteiger partial charge in [0.1, 0.15) is 18.1 Å². The molecule has 12 heteroatoms. The number of carboxylic acid groups (broad SMARTS) is 2. The zero-order valence-electron chi connectivity index (χ0n) is 24.2. The minimum absolute atomic E-state index is 0.00957. The fourth-order valence-corrected chi connectivity index (χ4v) is 4.72. The van der Waals surface area contributed by atoms with E-state index in [9.17, 15) is 29.1 Å². The summed E-state index contributed by atoms with van der Waals surface area (Å²) in [5, 5.41) is 27.4. The van der Waals surface area contributed by atoms with Gasteiger partial charge in [-0.3, -0.25) is 19.2 Å². The minimum atomic E-state index is -1.19. The topological polar surface area (TPSA) is 204 Å². The van der Waals surface area contributed by atoms with E-state index in [0.717, 1.165) is 22.0 Å². The van der Waals surface area contributed by atoms with Crippen LogP contribution in [0.25, 0.3) is 10.9 Å². The predicted octanol–water partition coefficient (Wildman–Crippen LogP) is 1.73. The summed E-state index contributed by atoms with van der Waals surface area (Å²) in [6, 6.07) is 11.7. The standard InChI is InChI=1S/C31H39N5O7/c1-18(2)14-26(31(42)43)36-29(40)24(15-19-8-4-3-5-9-19)35-30(41)25(34-28(39)22(32)12-13-27(37)38)16-20-17-33-23-11-7-6-10-21(20)23/h3-11,17-18,22,24-26,33H,12-16,32H2,1-2H3,(H,34,39)(H,35,41)(H,36,40)(H,37,38)(H,42,43). The molecule has 2 aromatic carbocycles. The molecule has 0 saturated carbocycles. The third-order valence-electron chi connectivity index (χ3n) is 6.98. The van der Waals surface area contributed by atoms with Gasteiger partial charge in [-0.15, -0.1) is 0 Å². The molecule has 4 atom stereocenters. The monoisotopic (exact) mass is 593 g/mol. The molecule has 230 valence electrons. The van der Waals surface area contributed by atoms with Gasteiger partial charge in [0.15, 0.2) is 0 Å². The third-order valence-corrected chi connectivity index (χ3v) is 6.98. The first-order valence-corrected chi connectivity index (χ1v) is 14.1. The lowest BCUT2D eigenvalue weighted by Crippen LogP contribution is -2.58. The fourth-order valence-electron chi connectivity index (χ4n) is 4.72. The van der Waals surface area contributed by atoms with E-state index in [1.165, 1.54) is 0 Å². The maximum atomic E-state index is 13.8. The molecule has 3 amide bonds. The molecule has 3 rings (SSSR count). The number of carbonyl (C=O) groups is 5. The number of benzene rings is 2. The zero-order valence-corrected chi connectivity index (χ0v) is 24.2. The quantitative estimate of drug-likeness (QED) is 0.130. The Morgan fingerprint density at radius 3 is 2.00 bits per heavy atom. The molecule has 0 aliphatic heterocycles. The van der Waals surface area contributed by atoms with Gasteiger partial charge in [0.05, 0.1) is 6.04 Å². The second-order valence-corrected chi connectivity index (χ2v) is 10.9. The number of hydrogen-bond donors (Lipinski definition) is 7. The largest absolute Gasteiger partial charge is 0.481 e. The lowest BCUT2D eigenvalue weighted by atomic mass is 10.00. The molecule has 4 unspecified atom stereocenters. The number of carboxylic acids is 2. The first-order chi connectivity index (χ1) is 20.4. The van der Waals surface area contributed by atoms with E-state index in [-0.39, 0.29) is 38.0 Å². The minimum Gasteiger partial charge on any atom is -0.481 e. The molecule has 3 aromatic rings. The number of aromatic amines is 1. The summed E-state index contributed by atoms with van der Waals surface area (Å²) in [6.07, 6.45) is 1.57. The second-order valence-electron chi connectivity index (χ2n) is 10.9. The SMILES string of the molecule is CC(C)CC(NC(=O)C(Cc1ccccc1)NC(=O)C(Cc1c[nH]c2ccccc12)NC(=O)C(N)CCC(=O)O)C(=O)O. The van der Waals surface area contributed by atoms with Gasteiger partial charge in [0, 0.05) is 36.4 Å². The van der Waals surface area contributed by atoms with Crippen LogP contribution in [0.4, 0.5) is 0 Å². The van der Waals surface area contributed by atoms with E-state index in [4.69, 9.17) is 10.8 Å². The number of nitrogens with one attached hydrogen (secondary N) is 4. The van der Waals surface area contributed by atoms with Gasteiger partial charge < -0.3 is 36.9 Å². The summed E-state index contributed by atoms with van der Waals surface area (Å²) < 4.78 is 0. The number of para-hydroxylation sites is 1. The number of fused-ring (bicyclic) bond motifs is 1. The maximum Gasteiger partial charge on any atom is 0.326 e. The van der Waals surface area contributed by atoms with E-state index < -0.39 is 53.8 Å². The molecule has 1 heterocycles. The van der Waals surface area contributed by atoms with Crippen molar-refractivity contribution in [2.45, 2.75) is 70.1 Å². The summed E-state index contributed by atoms with van der Waals surface area (Å²) in [5.41, 5.74) is 8.20. The molecule has 0 radical (unpaired) electrons. The van der Waals surface area contributed by atoms with Crippen LogP contribution in [0.1, 0.15) is 44.2 Å². The number of amides is 3. The molecule has 1 aromatic heterocycles. The Morgan fingerprint density at radius 1 is 0.791 bits per heavy atom. The molecule has 8 N–H and O–H groups in total. The van der Waals surface area contributed by atoms with E-state index in [1.807, 2.05) is 38.1 Å². The highest BCUT2D eigenvalue weighted by atomic mass is 16.4. The zero-order chi connectivity index (χ0) is 31.5. The van der Waals surface area contributed by atoms with Gasteiger partial charge in [-0.25, -0.2) is 4.79 Å². The highest BCUT2D eigenvalue weighted by molar-refractivity contribution is 5.95. The van der Waals surface area contributed by atoms with Crippen LogP contribution in [-0.2, 0) is 36.8 Å². The van der Waals surface area contributed by atoms with Crippen molar-refractivity contribution in [3.8, 4) is 0 Å². The molecule has 43 heavy (non-hydrogen) atoms. The lowest BCUT2D eigenvalue weighted by molar-refractivity contribution is -0.143. The van der Waals surface area contributed by atoms with E-state index in [1.54, 1.807) is 36.5 Å². The fraction of sp³-hybridized carbons (Fsp3) is 0.387. The van der Waals surface area contributed by atoms with Crippen LogP contribution >= 0.6 is 0 Å². The highest BCUT2D eigenvalue weighted by Gasteiger charge is 2.31. The molecule has 0 saturated heterocycles. The van der Waals surface area contributed by atoms with Gasteiger partial charge >= 0.3 is 11.9 Å². The van der Waals surface area contributed by atoms with Crippen molar-refractivity contribution in [3.05, 3.63) is 71.9 Å². The third kappa shape index (κ3) is 9.96. The Bertz CT molecular complexity index is 1420. The van der Waals surface area contributed by atoms with Crippen molar-refractivity contribution in [2.75, 3.05) is 0 Å². The average Bonchev–Trinajstić information content (AvgIpc) is 3.37. The number of carbonyl (C=O) groups excluding carboxylic acids is 3. The Balaban J connectivity index is 1.88. The van der Waals surface area contributed by atoms with E-state index >= 15 is 0 Å². The smallest absolute Gasteiger partial charge is 0.326 e. The highest BCUT2D eigenvalue weighted by Crippen LogP contribution is 2.19. The lowest BCUT2D eigenvalue weighted by Gasteiger charge is -2.26. The van der Waals surface area contributed by atoms with Gasteiger partial charge in [-0.1, -0.05) is 62.4 Å². The molecular weight excluding hydrogens is 554 g/mol. The van der Waals surface area contributed by atoms with Crippen LogP contribution in [-0.4, -0.2) is 69.0 Å². The van der Waals surface area contributed by atoms with Crippen molar-refractivity contribution >= 4 is 40.6 Å². The average molecular weight is 594 g/mol. The van der Waals surface area contributed by atoms with Crippen LogP contribution in [0.3, 0.4) is 0 Å². The van der Waals surface area contributed by atoms with Gasteiger partial charge in [-0.2, -0.15) is 0 Å².